The lowest BCUT2D eigenvalue weighted by Gasteiger charge is -2.09. The Balaban J connectivity index is 1.51. The van der Waals surface area contributed by atoms with Crippen LogP contribution in [0, 0.1) is 0 Å². The normalized spacial score (nSPS) is 11.0. The minimum absolute atomic E-state index is 0.274. The summed E-state index contributed by atoms with van der Waals surface area (Å²) in [5.41, 5.74) is 1.85. The van der Waals surface area contributed by atoms with E-state index in [-0.39, 0.29) is 5.75 Å². The van der Waals surface area contributed by atoms with Crippen LogP contribution in [0.5, 0.6) is 11.5 Å². The third-order valence-electron chi connectivity index (χ3n) is 4.76. The van der Waals surface area contributed by atoms with Crippen molar-refractivity contribution in [1.82, 2.24) is 0 Å². The Bertz CT molecular complexity index is 1360. The van der Waals surface area contributed by atoms with Gasteiger partial charge < -0.3 is 14.2 Å². The number of ether oxygens (including phenoxy) is 3. The van der Waals surface area contributed by atoms with Gasteiger partial charge in [0.25, 0.3) is 0 Å². The minimum Gasteiger partial charge on any atom is -0.493 e. The minimum atomic E-state index is -0.549. The predicted molar refractivity (Wildman–Crippen MR) is 130 cm³/mol. The van der Waals surface area contributed by atoms with E-state index in [2.05, 4.69) is 9.73 Å². The van der Waals surface area contributed by atoms with Crippen LogP contribution in [0.1, 0.15) is 25.6 Å². The molecule has 0 N–H and O–H groups in total. The monoisotopic (exact) mass is 479 g/mol. The fourth-order valence-electron chi connectivity index (χ4n) is 3.09. The third-order valence-corrected chi connectivity index (χ3v) is 6.42. The Morgan fingerprint density at radius 1 is 0.939 bits per heavy atom. The smallest absolute Gasteiger partial charge is 0.355 e. The van der Waals surface area contributed by atoms with E-state index in [1.807, 2.05) is 24.3 Å². The molecule has 1 aromatic heterocycles. The van der Waals surface area contributed by atoms with Crippen LogP contribution in [0.4, 0.5) is 5.69 Å². The van der Waals surface area contributed by atoms with Gasteiger partial charge in [0.2, 0.25) is 0 Å². The molecule has 0 unspecified atom stereocenters. The maximum absolute atomic E-state index is 12.8. The number of hydrogen-bond acceptors (Lipinski definition) is 7. The topological polar surface area (TPSA) is 74.2 Å². The summed E-state index contributed by atoms with van der Waals surface area (Å²) in [6.07, 6.45) is 1.64. The first-order valence-corrected chi connectivity index (χ1v) is 11.0. The molecule has 1 heterocycles. The number of thiophene rings is 1. The van der Waals surface area contributed by atoms with Crippen molar-refractivity contribution >= 4 is 56.9 Å². The number of aliphatic imine (C=N–C) groups is 1. The summed E-state index contributed by atoms with van der Waals surface area (Å²) in [5, 5.41) is 1.19. The molecule has 0 atom stereocenters. The Hall–Kier alpha value is -3.68. The second-order valence-corrected chi connectivity index (χ2v) is 8.27. The zero-order valence-corrected chi connectivity index (χ0v) is 19.3. The van der Waals surface area contributed by atoms with Crippen LogP contribution >= 0.6 is 22.9 Å². The molecule has 6 nitrogen and oxygen atoms in total. The van der Waals surface area contributed by atoms with E-state index in [9.17, 15) is 9.59 Å². The van der Waals surface area contributed by atoms with Crippen LogP contribution in [-0.2, 0) is 4.74 Å². The van der Waals surface area contributed by atoms with E-state index in [1.165, 1.54) is 25.6 Å². The van der Waals surface area contributed by atoms with Crippen molar-refractivity contribution < 1.29 is 23.8 Å². The number of carbonyl (C=O) groups excluding carboxylic acids is 2. The Morgan fingerprint density at radius 2 is 1.70 bits per heavy atom. The quantitative estimate of drug-likeness (QED) is 0.184. The van der Waals surface area contributed by atoms with Gasteiger partial charge in [-0.05, 0) is 54.1 Å². The fourth-order valence-corrected chi connectivity index (χ4v) is 4.48. The number of esters is 2. The molecule has 33 heavy (non-hydrogen) atoms. The molecule has 8 heteroatoms. The van der Waals surface area contributed by atoms with Gasteiger partial charge in [-0.2, -0.15) is 0 Å². The molecule has 0 aliphatic rings. The van der Waals surface area contributed by atoms with Crippen molar-refractivity contribution in [1.29, 1.82) is 0 Å². The molecule has 0 aliphatic heterocycles. The van der Waals surface area contributed by atoms with Gasteiger partial charge in [-0.1, -0.05) is 29.8 Å². The van der Waals surface area contributed by atoms with Gasteiger partial charge in [-0.25, -0.2) is 9.59 Å². The molecule has 0 fully saturated rings. The van der Waals surface area contributed by atoms with Crippen LogP contribution in [0.2, 0.25) is 5.02 Å². The van der Waals surface area contributed by atoms with Crippen LogP contribution in [0.25, 0.3) is 10.1 Å². The second-order valence-electron chi connectivity index (χ2n) is 6.84. The van der Waals surface area contributed by atoms with Crippen LogP contribution in [0.3, 0.4) is 0 Å². The fraction of sp³-hybridized carbons (Fsp3) is 0.0800. The summed E-state index contributed by atoms with van der Waals surface area (Å²) in [6.45, 7) is 0. The molecule has 3 aromatic carbocycles. The summed E-state index contributed by atoms with van der Waals surface area (Å²) in [5.74, 6) is -0.301. The summed E-state index contributed by atoms with van der Waals surface area (Å²) in [6, 6.07) is 19.3. The average Bonchev–Trinajstić information content (AvgIpc) is 3.19. The van der Waals surface area contributed by atoms with E-state index in [0.29, 0.717) is 26.9 Å². The number of fused-ring (bicyclic) bond motifs is 1. The predicted octanol–water partition coefficient (Wildman–Crippen LogP) is 6.32. The highest BCUT2D eigenvalue weighted by Gasteiger charge is 2.20. The maximum Gasteiger partial charge on any atom is 0.355 e. The number of hydrogen-bond donors (Lipinski definition) is 0. The van der Waals surface area contributed by atoms with Gasteiger partial charge in [0.15, 0.2) is 11.5 Å². The summed E-state index contributed by atoms with van der Waals surface area (Å²) in [7, 11) is 2.82. The van der Waals surface area contributed by atoms with Crippen LogP contribution in [-0.4, -0.2) is 32.4 Å². The Kier molecular flexibility index (Phi) is 6.72. The van der Waals surface area contributed by atoms with Crippen LogP contribution < -0.4 is 9.47 Å². The van der Waals surface area contributed by atoms with E-state index >= 15 is 0 Å². The van der Waals surface area contributed by atoms with Gasteiger partial charge in [-0.3, -0.25) is 4.99 Å². The molecule has 0 spiro atoms. The highest BCUT2D eigenvalue weighted by molar-refractivity contribution is 7.21. The van der Waals surface area contributed by atoms with E-state index < -0.39 is 11.9 Å². The molecule has 0 aliphatic carbocycles. The maximum atomic E-state index is 12.8. The zero-order valence-electron chi connectivity index (χ0n) is 17.7. The second kappa shape index (κ2) is 9.85. The Morgan fingerprint density at radius 3 is 2.39 bits per heavy atom. The lowest BCUT2D eigenvalue weighted by molar-refractivity contribution is 0.0600. The lowest BCUT2D eigenvalue weighted by atomic mass is 10.2. The summed E-state index contributed by atoms with van der Waals surface area (Å²) in [4.78, 5) is 29.0. The van der Waals surface area contributed by atoms with Gasteiger partial charge in [0.05, 0.1) is 30.5 Å². The molecule has 4 aromatic rings. The van der Waals surface area contributed by atoms with Crippen molar-refractivity contribution in [2.24, 2.45) is 4.99 Å². The van der Waals surface area contributed by atoms with Crippen molar-refractivity contribution in [2.75, 3.05) is 14.2 Å². The highest BCUT2D eigenvalue weighted by atomic mass is 35.5. The van der Waals surface area contributed by atoms with E-state index in [0.717, 1.165) is 15.6 Å². The molecule has 166 valence electrons. The summed E-state index contributed by atoms with van der Waals surface area (Å²) < 4.78 is 16.6. The molecule has 0 radical (unpaired) electrons. The van der Waals surface area contributed by atoms with Crippen LogP contribution in [0.15, 0.2) is 71.7 Å². The van der Waals surface area contributed by atoms with Crippen molar-refractivity contribution in [3.63, 3.8) is 0 Å². The number of nitrogens with zero attached hydrogens (tertiary/aromatic N) is 1. The lowest BCUT2D eigenvalue weighted by Crippen LogP contribution is -2.08. The summed E-state index contributed by atoms with van der Waals surface area (Å²) >= 11 is 7.67. The Labute approximate surface area is 199 Å². The molecular weight excluding hydrogens is 462 g/mol. The first kappa shape index (κ1) is 22.5. The van der Waals surface area contributed by atoms with Gasteiger partial charge >= 0.3 is 11.9 Å². The zero-order chi connectivity index (χ0) is 23.4. The molecular formula is C25H18ClNO5S. The largest absolute Gasteiger partial charge is 0.493 e. The standard InChI is InChI=1S/C25H18ClNO5S/c1-30-20-13-15(14-27-17-10-8-16(9-11-17)24(28)31-2)7-12-19(20)32-25(29)23-22(26)18-5-3-4-6-21(18)33-23/h3-14H,1-2H3. The van der Waals surface area contributed by atoms with Gasteiger partial charge in [0, 0.05) is 16.3 Å². The third kappa shape index (κ3) is 4.89. The molecule has 4 rings (SSSR count). The van der Waals surface area contributed by atoms with Crippen molar-refractivity contribution in [3.8, 4) is 11.5 Å². The average molecular weight is 480 g/mol. The number of rotatable bonds is 6. The van der Waals surface area contributed by atoms with E-state index in [4.69, 9.17) is 21.1 Å². The molecule has 0 amide bonds. The first-order chi connectivity index (χ1) is 16.0. The molecule has 0 saturated carbocycles. The number of carbonyl (C=O) groups is 2. The number of benzene rings is 3. The first-order valence-electron chi connectivity index (χ1n) is 9.80. The van der Waals surface area contributed by atoms with Gasteiger partial charge in [-0.15, -0.1) is 11.3 Å². The van der Waals surface area contributed by atoms with E-state index in [1.54, 1.807) is 48.7 Å². The molecule has 0 saturated heterocycles. The molecule has 0 bridgehead atoms. The van der Waals surface area contributed by atoms with Crippen molar-refractivity contribution in [2.45, 2.75) is 0 Å². The van der Waals surface area contributed by atoms with Gasteiger partial charge in [0.1, 0.15) is 4.88 Å². The number of halogens is 1. The SMILES string of the molecule is COC(=O)c1ccc(N=Cc2ccc(OC(=O)c3sc4ccccc4c3Cl)c(OC)c2)cc1. The number of methoxy groups -OCH3 is 2. The highest BCUT2D eigenvalue weighted by Crippen LogP contribution is 2.37. The van der Waals surface area contributed by atoms with Crippen molar-refractivity contribution in [3.05, 3.63) is 87.8 Å².